The molecule has 124 valence electrons. The highest BCUT2D eigenvalue weighted by Gasteiger charge is 2.16. The van der Waals surface area contributed by atoms with Crippen LogP contribution in [0.25, 0.3) is 0 Å². The van der Waals surface area contributed by atoms with Crippen LogP contribution in [-0.2, 0) is 6.54 Å². The fourth-order valence-electron chi connectivity index (χ4n) is 2.77. The first-order chi connectivity index (χ1) is 10.6. The van der Waals surface area contributed by atoms with Gasteiger partial charge in [0.25, 0.3) is 0 Å². The van der Waals surface area contributed by atoms with Crippen LogP contribution in [0.5, 0.6) is 11.5 Å². The van der Waals surface area contributed by atoms with Crippen molar-refractivity contribution in [3.05, 3.63) is 22.2 Å². The molecule has 0 bridgehead atoms. The molecule has 1 aliphatic heterocycles. The Bertz CT molecular complexity index is 474. The highest BCUT2D eigenvalue weighted by atomic mass is 79.9. The lowest BCUT2D eigenvalue weighted by Crippen LogP contribution is -2.33. The van der Waals surface area contributed by atoms with E-state index in [-0.39, 0.29) is 6.10 Å². The zero-order valence-electron chi connectivity index (χ0n) is 13.7. The number of rotatable bonds is 7. The fraction of sp³-hybridized carbons (Fsp3) is 0.647. The molecule has 0 amide bonds. The Morgan fingerprint density at radius 1 is 1.32 bits per heavy atom. The van der Waals surface area contributed by atoms with Gasteiger partial charge in [0.1, 0.15) is 0 Å². The molecule has 1 saturated heterocycles. The SMILES string of the molecule is COc1cc(Br)cc(CNCC2CCNCC2)c1OC(C)C. The van der Waals surface area contributed by atoms with Gasteiger partial charge in [0.2, 0.25) is 0 Å². The van der Waals surface area contributed by atoms with Crippen LogP contribution in [0.2, 0.25) is 0 Å². The van der Waals surface area contributed by atoms with Gasteiger partial charge in [-0.1, -0.05) is 15.9 Å². The van der Waals surface area contributed by atoms with Crippen molar-refractivity contribution in [2.75, 3.05) is 26.7 Å². The molecule has 0 saturated carbocycles. The van der Waals surface area contributed by atoms with Gasteiger partial charge in [0.05, 0.1) is 13.2 Å². The maximum atomic E-state index is 5.97. The lowest BCUT2D eigenvalue weighted by molar-refractivity contribution is 0.227. The number of methoxy groups -OCH3 is 1. The molecule has 2 rings (SSSR count). The minimum absolute atomic E-state index is 0.123. The van der Waals surface area contributed by atoms with Gasteiger partial charge in [-0.3, -0.25) is 0 Å². The Morgan fingerprint density at radius 3 is 2.68 bits per heavy atom. The molecule has 1 fully saturated rings. The summed E-state index contributed by atoms with van der Waals surface area (Å²) < 4.78 is 12.5. The first kappa shape index (κ1) is 17.6. The largest absolute Gasteiger partial charge is 0.493 e. The topological polar surface area (TPSA) is 42.5 Å². The Labute approximate surface area is 142 Å². The van der Waals surface area contributed by atoms with E-state index in [2.05, 4.69) is 32.6 Å². The first-order valence-corrected chi connectivity index (χ1v) is 8.84. The van der Waals surface area contributed by atoms with Crippen LogP contribution < -0.4 is 20.1 Å². The van der Waals surface area contributed by atoms with E-state index in [1.165, 1.54) is 12.8 Å². The minimum Gasteiger partial charge on any atom is -0.493 e. The molecular weight excluding hydrogens is 344 g/mol. The summed E-state index contributed by atoms with van der Waals surface area (Å²) in [5.41, 5.74) is 1.13. The summed E-state index contributed by atoms with van der Waals surface area (Å²) >= 11 is 3.55. The maximum Gasteiger partial charge on any atom is 0.166 e. The van der Waals surface area contributed by atoms with Gasteiger partial charge in [-0.05, 0) is 64.4 Å². The van der Waals surface area contributed by atoms with Crippen LogP contribution in [0.4, 0.5) is 0 Å². The average Bonchev–Trinajstić information content (AvgIpc) is 2.50. The summed E-state index contributed by atoms with van der Waals surface area (Å²) in [4.78, 5) is 0. The Hall–Kier alpha value is -0.780. The third-order valence-corrected chi connectivity index (χ3v) is 4.34. The van der Waals surface area contributed by atoms with Gasteiger partial charge >= 0.3 is 0 Å². The predicted molar refractivity (Wildman–Crippen MR) is 93.8 cm³/mol. The van der Waals surface area contributed by atoms with Crippen LogP contribution in [0.15, 0.2) is 16.6 Å². The zero-order chi connectivity index (χ0) is 15.9. The van der Waals surface area contributed by atoms with Crippen LogP contribution in [0, 0.1) is 5.92 Å². The minimum atomic E-state index is 0.123. The van der Waals surface area contributed by atoms with E-state index >= 15 is 0 Å². The van der Waals surface area contributed by atoms with E-state index < -0.39 is 0 Å². The summed E-state index contributed by atoms with van der Waals surface area (Å²) in [6.45, 7) is 8.19. The van der Waals surface area contributed by atoms with E-state index in [0.717, 1.165) is 53.6 Å². The fourth-order valence-corrected chi connectivity index (χ4v) is 3.26. The van der Waals surface area contributed by atoms with Crippen molar-refractivity contribution >= 4 is 15.9 Å². The highest BCUT2D eigenvalue weighted by molar-refractivity contribution is 9.10. The lowest BCUT2D eigenvalue weighted by atomic mass is 9.98. The van der Waals surface area contributed by atoms with Crippen molar-refractivity contribution in [1.82, 2.24) is 10.6 Å². The highest BCUT2D eigenvalue weighted by Crippen LogP contribution is 2.35. The Morgan fingerprint density at radius 2 is 2.05 bits per heavy atom. The molecule has 0 spiro atoms. The average molecular weight is 371 g/mol. The van der Waals surface area contributed by atoms with Crippen LogP contribution >= 0.6 is 15.9 Å². The molecule has 0 radical (unpaired) electrons. The second-order valence-corrected chi connectivity index (χ2v) is 7.00. The van der Waals surface area contributed by atoms with Crippen molar-refractivity contribution in [2.24, 2.45) is 5.92 Å². The summed E-state index contributed by atoms with van der Waals surface area (Å²) in [5, 5.41) is 6.98. The molecule has 0 unspecified atom stereocenters. The molecule has 1 aromatic rings. The van der Waals surface area contributed by atoms with Gasteiger partial charge in [0.15, 0.2) is 11.5 Å². The normalized spacial score (nSPS) is 16.0. The van der Waals surface area contributed by atoms with E-state index in [1.807, 2.05) is 19.9 Å². The van der Waals surface area contributed by atoms with Gasteiger partial charge in [-0.25, -0.2) is 0 Å². The molecule has 5 heteroatoms. The lowest BCUT2D eigenvalue weighted by Gasteiger charge is -2.23. The summed E-state index contributed by atoms with van der Waals surface area (Å²) in [7, 11) is 1.68. The number of benzene rings is 1. The number of halogens is 1. The van der Waals surface area contributed by atoms with Gasteiger partial charge < -0.3 is 20.1 Å². The number of nitrogens with one attached hydrogen (secondary N) is 2. The van der Waals surface area contributed by atoms with Gasteiger partial charge in [-0.15, -0.1) is 0 Å². The van der Waals surface area contributed by atoms with Crippen molar-refractivity contribution in [1.29, 1.82) is 0 Å². The molecule has 1 aromatic carbocycles. The zero-order valence-corrected chi connectivity index (χ0v) is 15.3. The number of hydrogen-bond acceptors (Lipinski definition) is 4. The Balaban J connectivity index is 2.02. The molecule has 1 aliphatic rings. The first-order valence-electron chi connectivity index (χ1n) is 8.04. The molecule has 0 aliphatic carbocycles. The predicted octanol–water partition coefficient (Wildman–Crippen LogP) is 3.33. The van der Waals surface area contributed by atoms with Crippen molar-refractivity contribution in [2.45, 2.75) is 39.3 Å². The van der Waals surface area contributed by atoms with Crippen LogP contribution in [0.1, 0.15) is 32.3 Å². The molecule has 4 nitrogen and oxygen atoms in total. The quantitative estimate of drug-likeness (QED) is 0.772. The molecule has 0 aromatic heterocycles. The third-order valence-electron chi connectivity index (χ3n) is 3.88. The van der Waals surface area contributed by atoms with Crippen LogP contribution in [0.3, 0.4) is 0 Å². The standard InChI is InChI=1S/C17H27BrN2O2/c1-12(2)22-17-14(8-15(18)9-16(17)21-3)11-20-10-13-4-6-19-7-5-13/h8-9,12-13,19-20H,4-7,10-11H2,1-3H3. The van der Waals surface area contributed by atoms with Crippen molar-refractivity contribution < 1.29 is 9.47 Å². The summed E-state index contributed by atoms with van der Waals surface area (Å²) in [6.07, 6.45) is 2.63. The molecule has 2 N–H and O–H groups in total. The van der Waals surface area contributed by atoms with E-state index in [1.54, 1.807) is 7.11 Å². The number of ether oxygens (including phenoxy) is 2. The van der Waals surface area contributed by atoms with Gasteiger partial charge in [-0.2, -0.15) is 0 Å². The number of hydrogen-bond donors (Lipinski definition) is 2. The van der Waals surface area contributed by atoms with Crippen molar-refractivity contribution in [3.63, 3.8) is 0 Å². The van der Waals surface area contributed by atoms with E-state index in [9.17, 15) is 0 Å². The van der Waals surface area contributed by atoms with E-state index in [4.69, 9.17) is 9.47 Å². The monoisotopic (exact) mass is 370 g/mol. The second kappa shape index (κ2) is 8.75. The molecule has 0 atom stereocenters. The number of piperidine rings is 1. The molecule has 22 heavy (non-hydrogen) atoms. The van der Waals surface area contributed by atoms with E-state index in [0.29, 0.717) is 0 Å². The third kappa shape index (κ3) is 5.14. The summed E-state index contributed by atoms with van der Waals surface area (Å²) in [6, 6.07) is 4.06. The summed E-state index contributed by atoms with van der Waals surface area (Å²) in [5.74, 6) is 2.39. The molecular formula is C17H27BrN2O2. The Kier molecular flexibility index (Phi) is 6.99. The smallest absolute Gasteiger partial charge is 0.166 e. The maximum absolute atomic E-state index is 5.97. The second-order valence-electron chi connectivity index (χ2n) is 6.09. The van der Waals surface area contributed by atoms with Crippen molar-refractivity contribution in [3.8, 4) is 11.5 Å². The van der Waals surface area contributed by atoms with Gasteiger partial charge in [0, 0.05) is 16.6 Å². The molecule has 1 heterocycles. The van der Waals surface area contributed by atoms with Crippen LogP contribution in [-0.4, -0.2) is 32.8 Å².